The van der Waals surface area contributed by atoms with Crippen LogP contribution in [0.3, 0.4) is 0 Å². The number of aromatic nitrogens is 2. The highest BCUT2D eigenvalue weighted by molar-refractivity contribution is 7.99. The number of aryl methyl sites for hydroxylation is 2. The van der Waals surface area contributed by atoms with Gasteiger partial charge in [-0.1, -0.05) is 31.0 Å². The zero-order chi connectivity index (χ0) is 19.1. The summed E-state index contributed by atoms with van der Waals surface area (Å²) in [6.07, 6.45) is 10.9. The van der Waals surface area contributed by atoms with Crippen molar-refractivity contribution in [2.45, 2.75) is 62.9 Å². The maximum Gasteiger partial charge on any atom is 0.260 e. The molecule has 2 aromatic rings. The van der Waals surface area contributed by atoms with Gasteiger partial charge in [0.2, 0.25) is 5.91 Å². The first kappa shape index (κ1) is 18.7. The lowest BCUT2D eigenvalue weighted by molar-refractivity contribution is -0.131. The summed E-state index contributed by atoms with van der Waals surface area (Å²) in [6.45, 7) is 1.81. The number of rotatable bonds is 3. The summed E-state index contributed by atoms with van der Waals surface area (Å²) in [4.78, 5) is 37.2. The number of nitrogens with one attached hydrogen (secondary N) is 1. The zero-order valence-corrected chi connectivity index (χ0v) is 17.8. The summed E-state index contributed by atoms with van der Waals surface area (Å²) >= 11 is 3.04. The molecule has 2 fully saturated rings. The molecule has 5 rings (SSSR count). The molecule has 7 heteroatoms. The Morgan fingerprint density at radius 1 is 1.14 bits per heavy atom. The van der Waals surface area contributed by atoms with Gasteiger partial charge in [0, 0.05) is 18.0 Å². The van der Waals surface area contributed by atoms with Gasteiger partial charge in [-0.3, -0.25) is 9.59 Å². The molecule has 0 spiro atoms. The van der Waals surface area contributed by atoms with Crippen LogP contribution in [0, 0.1) is 11.8 Å². The number of thioether (sulfide) groups is 1. The third-order valence-electron chi connectivity index (χ3n) is 6.78. The maximum absolute atomic E-state index is 12.7. The van der Waals surface area contributed by atoms with Gasteiger partial charge in [-0.15, -0.1) is 11.3 Å². The smallest absolute Gasteiger partial charge is 0.260 e. The van der Waals surface area contributed by atoms with Crippen molar-refractivity contribution < 1.29 is 4.79 Å². The molecule has 28 heavy (non-hydrogen) atoms. The number of nitrogens with zero attached hydrogens (tertiary/aromatic N) is 2. The third kappa shape index (κ3) is 3.52. The number of hydrogen-bond donors (Lipinski definition) is 1. The zero-order valence-electron chi connectivity index (χ0n) is 16.2. The molecule has 1 N–H and O–H groups in total. The van der Waals surface area contributed by atoms with Crippen LogP contribution < -0.4 is 5.56 Å². The summed E-state index contributed by atoms with van der Waals surface area (Å²) in [5.41, 5.74) is 1.17. The second-order valence-electron chi connectivity index (χ2n) is 8.48. The fourth-order valence-corrected chi connectivity index (χ4v) is 7.34. The molecule has 0 aromatic carbocycles. The van der Waals surface area contributed by atoms with Crippen LogP contribution in [-0.2, 0) is 17.6 Å². The maximum atomic E-state index is 12.7. The minimum absolute atomic E-state index is 0.0395. The van der Waals surface area contributed by atoms with E-state index in [0.717, 1.165) is 54.9 Å². The van der Waals surface area contributed by atoms with Crippen LogP contribution in [0.15, 0.2) is 9.95 Å². The fourth-order valence-electron chi connectivity index (χ4n) is 5.26. The van der Waals surface area contributed by atoms with E-state index in [-0.39, 0.29) is 11.5 Å². The SMILES string of the molecule is O=C(CSc1nc2sc3c(c2c(=O)[nH]1)CCCC3)N1CC[C@@H]2CCCC[C@H]2C1. The average Bonchev–Trinajstić information content (AvgIpc) is 3.10. The summed E-state index contributed by atoms with van der Waals surface area (Å²) in [6, 6.07) is 0. The molecule has 2 aliphatic carbocycles. The Kier molecular flexibility index (Phi) is 5.22. The van der Waals surface area contributed by atoms with Gasteiger partial charge in [-0.2, -0.15) is 0 Å². The number of likely N-dealkylation sites (tertiary alicyclic amines) is 1. The summed E-state index contributed by atoms with van der Waals surface area (Å²) in [7, 11) is 0. The number of amides is 1. The molecule has 1 aliphatic heterocycles. The molecular formula is C21H27N3O2S2. The van der Waals surface area contributed by atoms with Gasteiger partial charge in [0.05, 0.1) is 11.1 Å². The number of carbonyl (C=O) groups is 1. The van der Waals surface area contributed by atoms with E-state index in [1.54, 1.807) is 11.3 Å². The molecule has 1 saturated heterocycles. The highest BCUT2D eigenvalue weighted by Gasteiger charge is 2.32. The van der Waals surface area contributed by atoms with E-state index < -0.39 is 0 Å². The molecule has 3 heterocycles. The average molecular weight is 418 g/mol. The molecule has 2 atom stereocenters. The number of fused-ring (bicyclic) bond motifs is 4. The highest BCUT2D eigenvalue weighted by Crippen LogP contribution is 2.37. The number of H-pyrrole nitrogens is 1. The van der Waals surface area contributed by atoms with E-state index in [4.69, 9.17) is 0 Å². The normalized spacial score (nSPS) is 24.8. The molecule has 3 aliphatic rings. The van der Waals surface area contributed by atoms with Gasteiger partial charge in [0.15, 0.2) is 5.16 Å². The van der Waals surface area contributed by atoms with E-state index in [9.17, 15) is 9.59 Å². The first-order valence-corrected chi connectivity index (χ1v) is 12.4. The topological polar surface area (TPSA) is 66.1 Å². The van der Waals surface area contributed by atoms with Crippen LogP contribution in [0.4, 0.5) is 0 Å². The van der Waals surface area contributed by atoms with Crippen molar-refractivity contribution >= 4 is 39.2 Å². The number of hydrogen-bond acceptors (Lipinski definition) is 5. The quantitative estimate of drug-likeness (QED) is 0.606. The van der Waals surface area contributed by atoms with Gasteiger partial charge >= 0.3 is 0 Å². The molecular weight excluding hydrogens is 390 g/mol. The molecule has 0 radical (unpaired) electrons. The Balaban J connectivity index is 1.27. The van der Waals surface area contributed by atoms with Gasteiger partial charge in [0.1, 0.15) is 4.83 Å². The number of aromatic amines is 1. The molecule has 2 aromatic heterocycles. The molecule has 1 saturated carbocycles. The van der Waals surface area contributed by atoms with E-state index in [0.29, 0.717) is 16.8 Å². The van der Waals surface area contributed by atoms with Crippen LogP contribution in [0.1, 0.15) is 55.4 Å². The lowest BCUT2D eigenvalue weighted by Gasteiger charge is -2.41. The van der Waals surface area contributed by atoms with Crippen molar-refractivity contribution in [2.75, 3.05) is 18.8 Å². The van der Waals surface area contributed by atoms with Gasteiger partial charge in [-0.05, 0) is 55.9 Å². The number of carbonyl (C=O) groups excluding carboxylic acids is 1. The largest absolute Gasteiger partial charge is 0.342 e. The second kappa shape index (κ2) is 7.82. The minimum Gasteiger partial charge on any atom is -0.342 e. The standard InChI is InChI=1S/C21H27N3O2S2/c25-17(24-10-9-13-5-1-2-6-14(13)11-24)12-27-21-22-19(26)18-15-7-3-4-8-16(15)28-20(18)23-21/h13-14H,1-12H2,(H,22,23,26)/t13-,14-/m0/s1. The highest BCUT2D eigenvalue weighted by atomic mass is 32.2. The van der Waals surface area contributed by atoms with Crippen LogP contribution in [-0.4, -0.2) is 39.6 Å². The van der Waals surface area contributed by atoms with Crippen molar-refractivity contribution in [3.05, 3.63) is 20.8 Å². The summed E-state index contributed by atoms with van der Waals surface area (Å²) in [5, 5.41) is 1.37. The summed E-state index contributed by atoms with van der Waals surface area (Å²) in [5.74, 6) is 2.07. The van der Waals surface area contributed by atoms with Crippen LogP contribution >= 0.6 is 23.1 Å². The van der Waals surface area contributed by atoms with Crippen molar-refractivity contribution in [1.82, 2.24) is 14.9 Å². The van der Waals surface area contributed by atoms with Gasteiger partial charge in [0.25, 0.3) is 5.56 Å². The fraction of sp³-hybridized carbons (Fsp3) is 0.667. The lowest BCUT2D eigenvalue weighted by atomic mass is 9.75. The van der Waals surface area contributed by atoms with Gasteiger partial charge in [-0.25, -0.2) is 4.98 Å². The summed E-state index contributed by atoms with van der Waals surface area (Å²) < 4.78 is 0. The molecule has 0 bridgehead atoms. The second-order valence-corrected chi connectivity index (χ2v) is 10.5. The lowest BCUT2D eigenvalue weighted by Crippen LogP contribution is -2.45. The monoisotopic (exact) mass is 417 g/mol. The van der Waals surface area contributed by atoms with Crippen LogP contribution in [0.5, 0.6) is 0 Å². The van der Waals surface area contributed by atoms with Crippen LogP contribution in [0.2, 0.25) is 0 Å². The van der Waals surface area contributed by atoms with E-state index in [2.05, 4.69) is 9.97 Å². The van der Waals surface area contributed by atoms with Crippen molar-refractivity contribution in [2.24, 2.45) is 11.8 Å². The first-order valence-electron chi connectivity index (χ1n) is 10.6. The third-order valence-corrected chi connectivity index (χ3v) is 8.82. The Morgan fingerprint density at radius 3 is 2.86 bits per heavy atom. The van der Waals surface area contributed by atoms with E-state index in [1.807, 2.05) is 4.90 Å². The number of piperidine rings is 1. The van der Waals surface area contributed by atoms with E-state index in [1.165, 1.54) is 54.3 Å². The Bertz CT molecular complexity index is 951. The van der Waals surface area contributed by atoms with Crippen molar-refractivity contribution in [1.29, 1.82) is 0 Å². The predicted octanol–water partition coefficient (Wildman–Crippen LogP) is 3.99. The Hall–Kier alpha value is -1.34. The van der Waals surface area contributed by atoms with Crippen molar-refractivity contribution in [3.63, 3.8) is 0 Å². The van der Waals surface area contributed by atoms with E-state index >= 15 is 0 Å². The van der Waals surface area contributed by atoms with Gasteiger partial charge < -0.3 is 9.88 Å². The minimum atomic E-state index is -0.0395. The van der Waals surface area contributed by atoms with Crippen molar-refractivity contribution in [3.8, 4) is 0 Å². The molecule has 1 amide bonds. The Morgan fingerprint density at radius 2 is 1.96 bits per heavy atom. The molecule has 150 valence electrons. The molecule has 0 unspecified atom stereocenters. The molecule has 5 nitrogen and oxygen atoms in total. The predicted molar refractivity (Wildman–Crippen MR) is 114 cm³/mol. The Labute approximate surface area is 173 Å². The van der Waals surface area contributed by atoms with Crippen LogP contribution in [0.25, 0.3) is 10.2 Å². The number of thiophene rings is 1. The first-order chi connectivity index (χ1) is 13.7.